The number of hydrogen-bond donors (Lipinski definition) is 0. The molecule has 0 N–H and O–H groups in total. The topological polar surface area (TPSA) is 63.4 Å². The lowest BCUT2D eigenvalue weighted by molar-refractivity contribution is 0.0742. The van der Waals surface area contributed by atoms with Crippen LogP contribution >= 0.6 is 0 Å². The summed E-state index contributed by atoms with van der Waals surface area (Å²) >= 11 is 0. The normalized spacial score (nSPS) is 12.3. The second-order valence-electron chi connectivity index (χ2n) is 5.04. The van der Waals surface area contributed by atoms with Gasteiger partial charge in [0.15, 0.2) is 5.65 Å². The fourth-order valence-electron chi connectivity index (χ4n) is 2.22. The lowest BCUT2D eigenvalue weighted by atomic mass is 10.1. The summed E-state index contributed by atoms with van der Waals surface area (Å²) in [7, 11) is 1.71. The number of tetrazole rings is 1. The van der Waals surface area contributed by atoms with Gasteiger partial charge in [-0.15, -0.1) is 5.10 Å². The molecule has 2 aromatic heterocycles. The molecule has 0 radical (unpaired) electrons. The molecule has 3 aromatic rings. The van der Waals surface area contributed by atoms with E-state index in [0.29, 0.717) is 11.2 Å². The van der Waals surface area contributed by atoms with Crippen molar-refractivity contribution in [1.29, 1.82) is 0 Å². The largest absolute Gasteiger partial charge is 0.335 e. The van der Waals surface area contributed by atoms with Crippen LogP contribution in [-0.4, -0.2) is 37.9 Å². The molecule has 2 heterocycles. The molecule has 0 unspecified atom stereocenters. The first-order chi connectivity index (χ1) is 10.6. The maximum absolute atomic E-state index is 13.0. The van der Waals surface area contributed by atoms with Crippen LogP contribution in [0.1, 0.15) is 28.9 Å². The van der Waals surface area contributed by atoms with Crippen molar-refractivity contribution in [3.63, 3.8) is 0 Å². The zero-order valence-corrected chi connectivity index (χ0v) is 12.1. The molecule has 0 bridgehead atoms. The van der Waals surface area contributed by atoms with Crippen LogP contribution in [0.25, 0.3) is 5.65 Å². The Morgan fingerprint density at radius 2 is 2.00 bits per heavy atom. The summed E-state index contributed by atoms with van der Waals surface area (Å²) in [6.07, 6.45) is 1.64. The third-order valence-electron chi connectivity index (χ3n) is 3.70. The van der Waals surface area contributed by atoms with Crippen LogP contribution in [0.15, 0.2) is 42.6 Å². The summed E-state index contributed by atoms with van der Waals surface area (Å²) < 4.78 is 14.5. The molecule has 1 aromatic carbocycles. The van der Waals surface area contributed by atoms with Crippen molar-refractivity contribution >= 4 is 11.6 Å². The van der Waals surface area contributed by atoms with Gasteiger partial charge in [0.2, 0.25) is 0 Å². The van der Waals surface area contributed by atoms with Crippen LogP contribution in [0.4, 0.5) is 4.39 Å². The van der Waals surface area contributed by atoms with Gasteiger partial charge in [-0.05, 0) is 47.2 Å². The van der Waals surface area contributed by atoms with E-state index in [9.17, 15) is 9.18 Å². The SMILES string of the molecule is C[C@H](c1ccc(F)cc1)N(C)C(=O)c1ccn2nnnc2c1. The summed E-state index contributed by atoms with van der Waals surface area (Å²) in [6, 6.07) is 9.25. The summed E-state index contributed by atoms with van der Waals surface area (Å²) in [5.74, 6) is -0.447. The summed E-state index contributed by atoms with van der Waals surface area (Å²) in [6.45, 7) is 1.89. The first-order valence-electron chi connectivity index (χ1n) is 6.76. The number of carbonyl (C=O) groups is 1. The molecule has 0 aliphatic heterocycles. The smallest absolute Gasteiger partial charge is 0.254 e. The Labute approximate surface area is 126 Å². The Morgan fingerprint density at radius 3 is 2.73 bits per heavy atom. The Kier molecular flexibility index (Phi) is 3.54. The molecular formula is C15H14FN5O. The molecule has 0 aliphatic rings. The molecule has 0 aliphatic carbocycles. The summed E-state index contributed by atoms with van der Waals surface area (Å²) in [5.41, 5.74) is 1.87. The minimum atomic E-state index is -0.297. The van der Waals surface area contributed by atoms with E-state index in [1.165, 1.54) is 16.6 Å². The Morgan fingerprint density at radius 1 is 1.27 bits per heavy atom. The van der Waals surface area contributed by atoms with Gasteiger partial charge in [0.1, 0.15) is 5.82 Å². The average Bonchev–Trinajstić information content (AvgIpc) is 3.01. The number of amides is 1. The van der Waals surface area contributed by atoms with E-state index in [1.54, 1.807) is 42.4 Å². The number of halogens is 1. The van der Waals surface area contributed by atoms with Gasteiger partial charge < -0.3 is 4.90 Å². The van der Waals surface area contributed by atoms with Crippen LogP contribution in [-0.2, 0) is 0 Å². The molecule has 22 heavy (non-hydrogen) atoms. The Balaban J connectivity index is 1.85. The molecule has 1 amide bonds. The maximum atomic E-state index is 13.0. The van der Waals surface area contributed by atoms with Crippen molar-refractivity contribution in [3.05, 3.63) is 59.5 Å². The molecule has 0 spiro atoms. The van der Waals surface area contributed by atoms with Gasteiger partial charge >= 0.3 is 0 Å². The number of pyridine rings is 1. The standard InChI is InChI=1S/C15H14FN5O/c1-10(11-3-5-13(16)6-4-11)20(2)15(22)12-7-8-21-14(9-12)17-18-19-21/h3-10H,1-2H3/t10-/m1/s1. The number of hydrogen-bond acceptors (Lipinski definition) is 4. The number of benzene rings is 1. The van der Waals surface area contributed by atoms with Gasteiger partial charge in [0.25, 0.3) is 5.91 Å². The molecule has 1 atom stereocenters. The highest BCUT2D eigenvalue weighted by Crippen LogP contribution is 2.21. The molecule has 7 heteroatoms. The molecule has 0 saturated carbocycles. The van der Waals surface area contributed by atoms with E-state index < -0.39 is 0 Å². The Bertz CT molecular complexity index is 814. The molecule has 0 saturated heterocycles. The predicted octanol–water partition coefficient (Wildman–Crippen LogP) is 2.10. The van der Waals surface area contributed by atoms with Crippen molar-refractivity contribution in [2.45, 2.75) is 13.0 Å². The van der Waals surface area contributed by atoms with Gasteiger partial charge in [-0.2, -0.15) is 0 Å². The van der Waals surface area contributed by atoms with Gasteiger partial charge in [-0.1, -0.05) is 12.1 Å². The van der Waals surface area contributed by atoms with E-state index in [4.69, 9.17) is 0 Å². The van der Waals surface area contributed by atoms with Crippen LogP contribution in [0.2, 0.25) is 0 Å². The highest BCUT2D eigenvalue weighted by atomic mass is 19.1. The van der Waals surface area contributed by atoms with E-state index >= 15 is 0 Å². The lowest BCUT2D eigenvalue weighted by Gasteiger charge is -2.25. The molecule has 3 rings (SSSR count). The monoisotopic (exact) mass is 299 g/mol. The predicted molar refractivity (Wildman–Crippen MR) is 77.7 cm³/mol. The third kappa shape index (κ3) is 2.52. The zero-order valence-electron chi connectivity index (χ0n) is 12.1. The Hall–Kier alpha value is -2.83. The van der Waals surface area contributed by atoms with Gasteiger partial charge in [0, 0.05) is 18.8 Å². The molecule has 6 nitrogen and oxygen atoms in total. The van der Waals surface area contributed by atoms with Crippen molar-refractivity contribution in [2.75, 3.05) is 7.05 Å². The van der Waals surface area contributed by atoms with Gasteiger partial charge in [0.05, 0.1) is 6.04 Å². The molecule has 112 valence electrons. The third-order valence-corrected chi connectivity index (χ3v) is 3.70. The van der Waals surface area contributed by atoms with Crippen LogP contribution in [0.5, 0.6) is 0 Å². The van der Waals surface area contributed by atoms with Crippen LogP contribution in [0, 0.1) is 5.82 Å². The fourth-order valence-corrected chi connectivity index (χ4v) is 2.22. The highest BCUT2D eigenvalue weighted by Gasteiger charge is 2.19. The minimum Gasteiger partial charge on any atom is -0.335 e. The quantitative estimate of drug-likeness (QED) is 0.743. The first kappa shape index (κ1) is 14.1. The number of carbonyl (C=O) groups excluding carboxylic acids is 1. The van der Waals surface area contributed by atoms with Crippen LogP contribution in [0.3, 0.4) is 0 Å². The number of aromatic nitrogens is 4. The summed E-state index contributed by atoms with van der Waals surface area (Å²) in [4.78, 5) is 14.2. The second-order valence-corrected chi connectivity index (χ2v) is 5.04. The first-order valence-corrected chi connectivity index (χ1v) is 6.76. The van der Waals surface area contributed by atoms with Crippen molar-refractivity contribution in [1.82, 2.24) is 24.9 Å². The minimum absolute atomic E-state index is 0.151. The van der Waals surface area contributed by atoms with Crippen molar-refractivity contribution in [3.8, 4) is 0 Å². The lowest BCUT2D eigenvalue weighted by Crippen LogP contribution is -2.29. The second kappa shape index (κ2) is 5.51. The van der Waals surface area contributed by atoms with E-state index in [-0.39, 0.29) is 17.8 Å². The highest BCUT2D eigenvalue weighted by molar-refractivity contribution is 5.95. The zero-order chi connectivity index (χ0) is 15.7. The molecular weight excluding hydrogens is 285 g/mol. The maximum Gasteiger partial charge on any atom is 0.254 e. The molecule has 0 fully saturated rings. The van der Waals surface area contributed by atoms with E-state index in [0.717, 1.165) is 5.56 Å². The van der Waals surface area contributed by atoms with E-state index in [2.05, 4.69) is 15.5 Å². The van der Waals surface area contributed by atoms with Crippen molar-refractivity contribution in [2.24, 2.45) is 0 Å². The summed E-state index contributed by atoms with van der Waals surface area (Å²) in [5, 5.41) is 11.1. The van der Waals surface area contributed by atoms with E-state index in [1.807, 2.05) is 6.92 Å². The average molecular weight is 299 g/mol. The van der Waals surface area contributed by atoms with Gasteiger partial charge in [-0.25, -0.2) is 8.91 Å². The van der Waals surface area contributed by atoms with Gasteiger partial charge in [-0.3, -0.25) is 4.79 Å². The fraction of sp³-hybridized carbons (Fsp3) is 0.200. The van der Waals surface area contributed by atoms with Crippen molar-refractivity contribution < 1.29 is 9.18 Å². The number of fused-ring (bicyclic) bond motifs is 1. The number of rotatable bonds is 3. The number of nitrogens with zero attached hydrogens (tertiary/aromatic N) is 5. The van der Waals surface area contributed by atoms with Crippen LogP contribution < -0.4 is 0 Å².